The molecular weight excluding hydrogens is 1370 g/mol. The third-order valence-electron chi connectivity index (χ3n) is 9.83. The maximum absolute atomic E-state index is 8.49. The van der Waals surface area contributed by atoms with Gasteiger partial charge in [0.2, 0.25) is 0 Å². The summed E-state index contributed by atoms with van der Waals surface area (Å²) in [6.45, 7) is 21.9. The van der Waals surface area contributed by atoms with Crippen molar-refractivity contribution in [3.05, 3.63) is 269 Å². The summed E-state index contributed by atoms with van der Waals surface area (Å²) < 4.78 is 67.9. The molecule has 0 fully saturated rings. The minimum atomic E-state index is -4.94. The Bertz CT molecular complexity index is 2170. The van der Waals surface area contributed by atoms with Crippen LogP contribution in [0.2, 0.25) is 0 Å². The van der Waals surface area contributed by atoms with E-state index in [2.05, 4.69) is 210 Å². The van der Waals surface area contributed by atoms with Crippen LogP contribution in [0.15, 0.2) is 243 Å². The second-order valence-corrected chi connectivity index (χ2v) is 27.0. The van der Waals surface area contributed by atoms with Gasteiger partial charge in [0.1, 0.15) is 0 Å². The Hall–Kier alpha value is -2.78. The number of rotatable bonds is 8. The van der Waals surface area contributed by atoms with Crippen molar-refractivity contribution >= 4 is 72.8 Å². The fraction of sp³-hybridized carbons (Fsp3) is 0.0370. The van der Waals surface area contributed by atoms with Crippen molar-refractivity contribution in [3.8, 4) is 0 Å². The Labute approximate surface area is 454 Å². The van der Waals surface area contributed by atoms with Crippen LogP contribution in [-0.2, 0) is 44.8 Å². The molecule has 8 nitrogen and oxygen atoms in total. The molecular formula is C54H56Au2Cl2O8P4-2. The van der Waals surface area contributed by atoms with E-state index < -0.39 is 50.9 Å². The third-order valence-corrected chi connectivity index (χ3v) is 19.8. The maximum atomic E-state index is 8.49. The van der Waals surface area contributed by atoms with E-state index in [0.717, 1.165) is 0 Å². The van der Waals surface area contributed by atoms with Crippen molar-refractivity contribution in [2.45, 2.75) is 0 Å². The van der Waals surface area contributed by atoms with E-state index in [1.165, 1.54) is 42.4 Å². The fourth-order valence-electron chi connectivity index (χ4n) is 6.24. The van der Waals surface area contributed by atoms with Gasteiger partial charge in [0.25, 0.3) is 0 Å². The van der Waals surface area contributed by atoms with Gasteiger partial charge in [0, 0.05) is 66.0 Å². The Morgan fingerprint density at radius 1 is 0.271 bits per heavy atom. The van der Waals surface area contributed by atoms with Crippen LogP contribution < -0.4 is 79.7 Å². The molecule has 0 unspecified atom stereocenters. The molecule has 0 bridgehead atoms. The van der Waals surface area contributed by atoms with E-state index in [1.54, 1.807) is 0 Å². The molecule has 0 N–H and O–H groups in total. The van der Waals surface area contributed by atoms with Gasteiger partial charge in [-0.05, 0) is 97.1 Å². The van der Waals surface area contributed by atoms with Crippen molar-refractivity contribution in [3.63, 3.8) is 0 Å². The molecule has 0 atom stereocenters. The predicted octanol–water partition coefficient (Wildman–Crippen LogP) is 1.92. The van der Waals surface area contributed by atoms with Crippen molar-refractivity contribution in [2.75, 3.05) is 13.3 Å². The molecule has 8 aromatic rings. The molecule has 0 saturated carbocycles. The largest absolute Gasteiger partial charge is 0.222 e. The van der Waals surface area contributed by atoms with Crippen LogP contribution in [0.3, 0.4) is 0 Å². The number of benzene rings is 8. The zero-order chi connectivity index (χ0) is 50.1. The van der Waals surface area contributed by atoms with E-state index in [9.17, 15) is 0 Å². The van der Waals surface area contributed by atoms with Gasteiger partial charge in [0.15, 0.2) is 0 Å². The Balaban J connectivity index is 0.000000434. The van der Waals surface area contributed by atoms with E-state index >= 15 is 0 Å². The van der Waals surface area contributed by atoms with Crippen LogP contribution in [-0.4, -0.2) is 13.3 Å². The number of hydrogen-bond donors (Lipinski definition) is 0. The van der Waals surface area contributed by atoms with Gasteiger partial charge < -0.3 is 0 Å². The molecule has 0 aliphatic rings. The summed E-state index contributed by atoms with van der Waals surface area (Å²) in [5.41, 5.74) is 0. The molecule has 70 heavy (non-hydrogen) atoms. The molecule has 8 rings (SSSR count). The van der Waals surface area contributed by atoms with E-state index in [-0.39, 0.29) is 44.8 Å². The summed E-state index contributed by atoms with van der Waals surface area (Å²) in [5, 5.41) is 10.9. The van der Waals surface area contributed by atoms with Crippen molar-refractivity contribution in [1.29, 1.82) is 0 Å². The van der Waals surface area contributed by atoms with E-state index in [4.69, 9.17) is 37.3 Å². The second-order valence-electron chi connectivity index (χ2n) is 14.7. The van der Waals surface area contributed by atoms with Crippen LogP contribution >= 0.6 is 30.4 Å². The summed E-state index contributed by atoms with van der Waals surface area (Å²) in [5.74, 6) is 0. The van der Waals surface area contributed by atoms with E-state index in [1.807, 2.05) is 72.8 Å². The van der Waals surface area contributed by atoms with Crippen LogP contribution in [0.25, 0.3) is 0 Å². The Morgan fingerprint density at radius 2 is 0.386 bits per heavy atom. The third kappa shape index (κ3) is 26.3. The van der Waals surface area contributed by atoms with Crippen molar-refractivity contribution in [1.82, 2.24) is 0 Å². The molecule has 378 valence electrons. The minimum Gasteiger partial charge on any atom is -0.222 e. The molecule has 0 amide bonds. The topological polar surface area (TPSA) is 184 Å². The quantitative estimate of drug-likeness (QED) is 0.126. The van der Waals surface area contributed by atoms with Gasteiger partial charge in [-0.25, -0.2) is 37.3 Å². The van der Waals surface area contributed by atoms with Crippen LogP contribution in [0.1, 0.15) is 0 Å². The van der Waals surface area contributed by atoms with Gasteiger partial charge in [-0.15, -0.1) is 20.5 Å². The van der Waals surface area contributed by atoms with E-state index in [0.29, 0.717) is 0 Å². The first-order valence-electron chi connectivity index (χ1n) is 20.7. The molecule has 0 spiro atoms. The molecule has 16 heteroatoms. The fourth-order valence-corrected chi connectivity index (χ4v) is 13.2. The standard InChI is InChI=1S/2C14H14P.2C13H13P.2Au.2ClHO4/c2*1-15(2,13-9-5-3-6-10-13)14-11-7-4-8-12-14;2*1-14(12-8-4-2-5-9-12)13-10-6-3-7-11-13;;;2*2-1(3,4)5/h2*3-12H,1-2H2;2*2-11H,1H3;;;2*(H,2,3,4,5)/q2*-1;;;;;;. The first kappa shape index (κ1) is 65.2. The molecule has 2 radical (unpaired) electrons. The van der Waals surface area contributed by atoms with Gasteiger partial charge in [-0.1, -0.05) is 146 Å². The maximum Gasteiger partial charge on any atom is 0.0964 e. The Kier molecular flexibility index (Phi) is 31.5. The molecule has 8 aromatic carbocycles. The summed E-state index contributed by atoms with van der Waals surface area (Å²) >= 11 is 0. The zero-order valence-electron chi connectivity index (χ0n) is 38.4. The minimum absolute atomic E-state index is 0. The van der Waals surface area contributed by atoms with Gasteiger partial charge in [0.05, 0.1) is 50.4 Å². The molecule has 0 aliphatic heterocycles. The molecule has 0 heterocycles. The normalized spacial score (nSPS) is 10.7. The van der Waals surface area contributed by atoms with Crippen molar-refractivity contribution < 1.29 is 103 Å². The summed E-state index contributed by atoms with van der Waals surface area (Å²) in [4.78, 5) is 0. The zero-order valence-corrected chi connectivity index (χ0v) is 48.1. The van der Waals surface area contributed by atoms with Crippen LogP contribution in [0.4, 0.5) is 0 Å². The van der Waals surface area contributed by atoms with Gasteiger partial charge in [-0.3, -0.25) is 0 Å². The molecule has 0 saturated heterocycles. The van der Waals surface area contributed by atoms with Gasteiger partial charge in [-0.2, -0.15) is 41.2 Å². The Morgan fingerprint density at radius 3 is 0.514 bits per heavy atom. The molecule has 0 aromatic heterocycles. The summed E-state index contributed by atoms with van der Waals surface area (Å²) in [6.07, 6.45) is 0. The van der Waals surface area contributed by atoms with Gasteiger partial charge >= 0.3 is 0 Å². The number of hydrogen-bond acceptors (Lipinski definition) is 8. The summed E-state index contributed by atoms with van der Waals surface area (Å²) in [7, 11) is -14.3. The number of halogens is 2. The van der Waals surface area contributed by atoms with Crippen LogP contribution in [0, 0.1) is 47.1 Å². The first-order valence-corrected chi connectivity index (χ1v) is 31.5. The SMILES string of the molecule is C[PH+](c1ccccc1)c1ccccc1.C[PH+](c1ccccc1)c1ccccc1.[Au].[Au].[CH2-][P+]([CH2-])(c1ccccc1)c1ccccc1.[CH2-][P+]([CH2-])(c1ccccc1)c1ccccc1.[O-][Cl+3]([O-])([O-])[O-].[O-][Cl+3]([O-])([O-])[O-]. The smallest absolute Gasteiger partial charge is 0.0964 e. The average molecular weight is 1420 g/mol. The monoisotopic (exact) mass is 1420 g/mol. The van der Waals surface area contributed by atoms with Crippen molar-refractivity contribution in [2.24, 2.45) is 0 Å². The average Bonchev–Trinajstić information content (AvgIpc) is 3.35. The molecule has 0 aliphatic carbocycles. The summed E-state index contributed by atoms with van der Waals surface area (Å²) in [6, 6.07) is 84.4. The van der Waals surface area contributed by atoms with Crippen LogP contribution in [0.5, 0.6) is 0 Å². The predicted molar refractivity (Wildman–Crippen MR) is 272 cm³/mol. The first-order chi connectivity index (χ1) is 32.2. The second kappa shape index (κ2) is 33.9.